The fourth-order valence-corrected chi connectivity index (χ4v) is 0.955. The summed E-state index contributed by atoms with van der Waals surface area (Å²) in [5.74, 6) is 0.282. The van der Waals surface area contributed by atoms with Gasteiger partial charge in [-0.05, 0) is 0 Å². The van der Waals surface area contributed by atoms with Crippen molar-refractivity contribution in [2.45, 2.75) is 6.42 Å². The Morgan fingerprint density at radius 2 is 2.19 bits per heavy atom. The van der Waals surface area contributed by atoms with Crippen molar-refractivity contribution < 1.29 is 9.53 Å². The van der Waals surface area contributed by atoms with E-state index >= 15 is 0 Å². The molecular formula is C8H14N6O2. The van der Waals surface area contributed by atoms with Crippen LogP contribution >= 0.6 is 0 Å². The Labute approximate surface area is 92.6 Å². The van der Waals surface area contributed by atoms with E-state index in [0.29, 0.717) is 13.0 Å². The van der Waals surface area contributed by atoms with Gasteiger partial charge in [-0.1, -0.05) is 0 Å². The van der Waals surface area contributed by atoms with Crippen LogP contribution in [0.2, 0.25) is 0 Å². The maximum atomic E-state index is 10.9. The molecule has 0 aliphatic heterocycles. The molecule has 4 N–H and O–H groups in total. The van der Waals surface area contributed by atoms with E-state index in [2.05, 4.69) is 25.6 Å². The quantitative estimate of drug-likeness (QED) is 0.590. The molecule has 1 aromatic rings. The fourth-order valence-electron chi connectivity index (χ4n) is 0.955. The first kappa shape index (κ1) is 12.0. The van der Waals surface area contributed by atoms with Gasteiger partial charge in [-0.2, -0.15) is 15.0 Å². The monoisotopic (exact) mass is 226 g/mol. The van der Waals surface area contributed by atoms with Crippen LogP contribution in [0.1, 0.15) is 6.42 Å². The summed E-state index contributed by atoms with van der Waals surface area (Å²) in [5.41, 5.74) is 5.43. The molecule has 0 unspecified atom stereocenters. The molecule has 0 aliphatic rings. The van der Waals surface area contributed by atoms with Crippen LogP contribution in [0.15, 0.2) is 0 Å². The predicted octanol–water partition coefficient (Wildman–Crippen LogP) is -0.990. The zero-order valence-corrected chi connectivity index (χ0v) is 9.15. The van der Waals surface area contributed by atoms with E-state index in [1.807, 2.05) is 0 Å². The number of methoxy groups -OCH3 is 1. The van der Waals surface area contributed by atoms with Gasteiger partial charge in [0.15, 0.2) is 0 Å². The van der Waals surface area contributed by atoms with Crippen LogP contribution < -0.4 is 21.1 Å². The van der Waals surface area contributed by atoms with Gasteiger partial charge in [-0.25, -0.2) is 0 Å². The summed E-state index contributed by atoms with van der Waals surface area (Å²) < 4.78 is 4.82. The first-order chi connectivity index (χ1) is 7.65. The predicted molar refractivity (Wildman–Crippen MR) is 58.0 cm³/mol. The first-order valence-corrected chi connectivity index (χ1v) is 4.65. The highest BCUT2D eigenvalue weighted by Gasteiger charge is 2.04. The molecule has 1 heterocycles. The lowest BCUT2D eigenvalue weighted by molar-refractivity contribution is -0.120. The normalized spacial score (nSPS) is 9.62. The summed E-state index contributed by atoms with van der Waals surface area (Å²) in [7, 11) is 3.01. The molecular weight excluding hydrogens is 212 g/mol. The summed E-state index contributed by atoms with van der Waals surface area (Å²) in [5, 5.41) is 5.35. The Hall–Kier alpha value is -2.12. The Morgan fingerprint density at radius 3 is 2.81 bits per heavy atom. The zero-order valence-electron chi connectivity index (χ0n) is 9.15. The fraction of sp³-hybridized carbons (Fsp3) is 0.500. The number of rotatable bonds is 5. The summed E-state index contributed by atoms with van der Waals surface area (Å²) in [6, 6.07) is 0.134. The Bertz CT molecular complexity index is 370. The van der Waals surface area contributed by atoms with Crippen molar-refractivity contribution in [2.75, 3.05) is 31.8 Å². The average Bonchev–Trinajstić information content (AvgIpc) is 2.28. The second-order valence-corrected chi connectivity index (χ2v) is 2.85. The average molecular weight is 226 g/mol. The molecule has 0 fully saturated rings. The Balaban J connectivity index is 2.53. The zero-order chi connectivity index (χ0) is 12.0. The second kappa shape index (κ2) is 5.69. The number of amides is 1. The molecule has 1 aromatic heterocycles. The summed E-state index contributed by atoms with van der Waals surface area (Å²) >= 11 is 0. The van der Waals surface area contributed by atoms with Crippen LogP contribution in [-0.2, 0) is 4.79 Å². The van der Waals surface area contributed by atoms with Crippen molar-refractivity contribution in [3.05, 3.63) is 0 Å². The highest BCUT2D eigenvalue weighted by Crippen LogP contribution is 2.07. The van der Waals surface area contributed by atoms with Crippen molar-refractivity contribution in [2.24, 2.45) is 0 Å². The molecule has 0 spiro atoms. The SMILES string of the molecule is CNC(=O)CCNc1nc(N)nc(OC)n1. The third-order valence-electron chi connectivity index (χ3n) is 1.73. The van der Waals surface area contributed by atoms with Crippen LogP contribution in [0.25, 0.3) is 0 Å². The Kier molecular flexibility index (Phi) is 4.25. The van der Waals surface area contributed by atoms with Crippen molar-refractivity contribution in [3.8, 4) is 6.01 Å². The molecule has 0 atom stereocenters. The third kappa shape index (κ3) is 3.56. The number of carbonyl (C=O) groups is 1. The molecule has 0 aliphatic carbocycles. The molecule has 0 saturated heterocycles. The van der Waals surface area contributed by atoms with Crippen LogP contribution in [-0.4, -0.2) is 41.6 Å². The number of aromatic nitrogens is 3. The number of hydrogen-bond acceptors (Lipinski definition) is 7. The van der Waals surface area contributed by atoms with Crippen LogP contribution in [0.5, 0.6) is 6.01 Å². The highest BCUT2D eigenvalue weighted by atomic mass is 16.5. The summed E-state index contributed by atoms with van der Waals surface area (Å²) in [6.45, 7) is 0.409. The van der Waals surface area contributed by atoms with E-state index in [0.717, 1.165) is 0 Å². The molecule has 8 heteroatoms. The molecule has 1 rings (SSSR count). The van der Waals surface area contributed by atoms with E-state index in [1.54, 1.807) is 7.05 Å². The van der Waals surface area contributed by atoms with Gasteiger partial charge in [-0.3, -0.25) is 4.79 Å². The third-order valence-corrected chi connectivity index (χ3v) is 1.73. The van der Waals surface area contributed by atoms with Crippen molar-refractivity contribution in [1.29, 1.82) is 0 Å². The summed E-state index contributed by atoms with van der Waals surface area (Å²) in [6.07, 6.45) is 0.324. The number of carbonyl (C=O) groups excluding carboxylic acids is 1. The van der Waals surface area contributed by atoms with Gasteiger partial charge in [0.1, 0.15) is 0 Å². The molecule has 8 nitrogen and oxygen atoms in total. The van der Waals surface area contributed by atoms with Crippen molar-refractivity contribution in [3.63, 3.8) is 0 Å². The van der Waals surface area contributed by atoms with E-state index in [1.165, 1.54) is 7.11 Å². The minimum Gasteiger partial charge on any atom is -0.467 e. The maximum Gasteiger partial charge on any atom is 0.322 e. The molecule has 88 valence electrons. The van der Waals surface area contributed by atoms with Crippen LogP contribution in [0, 0.1) is 0 Å². The lowest BCUT2D eigenvalue weighted by atomic mass is 10.4. The molecule has 1 amide bonds. The van der Waals surface area contributed by atoms with Gasteiger partial charge < -0.3 is 21.1 Å². The van der Waals surface area contributed by atoms with Crippen LogP contribution in [0.4, 0.5) is 11.9 Å². The van der Waals surface area contributed by atoms with E-state index < -0.39 is 0 Å². The van der Waals surface area contributed by atoms with Gasteiger partial charge in [0.2, 0.25) is 17.8 Å². The second-order valence-electron chi connectivity index (χ2n) is 2.85. The first-order valence-electron chi connectivity index (χ1n) is 4.65. The number of nitrogens with two attached hydrogens (primary N) is 1. The topological polar surface area (TPSA) is 115 Å². The van der Waals surface area contributed by atoms with Crippen molar-refractivity contribution >= 4 is 17.8 Å². The van der Waals surface area contributed by atoms with Gasteiger partial charge in [0.25, 0.3) is 0 Å². The minimum absolute atomic E-state index is 0.0642. The smallest absolute Gasteiger partial charge is 0.322 e. The molecule has 0 aromatic carbocycles. The number of anilines is 2. The maximum absolute atomic E-state index is 10.9. The number of ether oxygens (including phenoxy) is 1. The lowest BCUT2D eigenvalue weighted by Gasteiger charge is -2.05. The molecule has 0 bridgehead atoms. The van der Waals surface area contributed by atoms with Gasteiger partial charge in [-0.15, -0.1) is 0 Å². The number of nitrogens with one attached hydrogen (secondary N) is 2. The van der Waals surface area contributed by atoms with E-state index in [-0.39, 0.29) is 23.8 Å². The number of nitrogen functional groups attached to an aromatic ring is 1. The number of nitrogens with zero attached hydrogens (tertiary/aromatic N) is 3. The summed E-state index contributed by atoms with van der Waals surface area (Å²) in [4.78, 5) is 22.4. The standard InChI is InChI=1S/C8H14N6O2/c1-10-5(15)3-4-11-7-12-6(9)13-8(14-7)16-2/h3-4H2,1-2H3,(H,10,15)(H3,9,11,12,13,14). The molecule has 0 saturated carbocycles. The largest absolute Gasteiger partial charge is 0.467 e. The van der Waals surface area contributed by atoms with Crippen molar-refractivity contribution in [1.82, 2.24) is 20.3 Å². The highest BCUT2D eigenvalue weighted by molar-refractivity contribution is 5.75. The lowest BCUT2D eigenvalue weighted by Crippen LogP contribution is -2.21. The van der Waals surface area contributed by atoms with E-state index in [9.17, 15) is 4.79 Å². The minimum atomic E-state index is -0.0681. The van der Waals surface area contributed by atoms with Gasteiger partial charge in [0.05, 0.1) is 7.11 Å². The Morgan fingerprint density at radius 1 is 1.44 bits per heavy atom. The van der Waals surface area contributed by atoms with Gasteiger partial charge in [0, 0.05) is 20.0 Å². The van der Waals surface area contributed by atoms with Gasteiger partial charge >= 0.3 is 6.01 Å². The molecule has 0 radical (unpaired) electrons. The molecule has 16 heavy (non-hydrogen) atoms. The van der Waals surface area contributed by atoms with Crippen LogP contribution in [0.3, 0.4) is 0 Å². The number of hydrogen-bond donors (Lipinski definition) is 3. The van der Waals surface area contributed by atoms with E-state index in [4.69, 9.17) is 10.5 Å².